The van der Waals surface area contributed by atoms with Crippen LogP contribution in [0.2, 0.25) is 0 Å². The molecule has 0 fully saturated rings. The van der Waals surface area contributed by atoms with Crippen LogP contribution in [0.25, 0.3) is 10.8 Å². The molecule has 3 aromatic carbocycles. The molecule has 1 N–H and O–H groups in total. The fourth-order valence-electron chi connectivity index (χ4n) is 4.24. The molecule has 0 bridgehead atoms. The van der Waals surface area contributed by atoms with Gasteiger partial charge in [0.15, 0.2) is 0 Å². The summed E-state index contributed by atoms with van der Waals surface area (Å²) in [7, 11) is -3.91. The predicted molar refractivity (Wildman–Crippen MR) is 134 cm³/mol. The standard InChI is InChI=1S/C26H30N2O5S/c1-26(2,3)18-27(25(29)30)15-9-14-24-33-23-17-20-11-8-7-10-19(20)16-22(23)28(34(24,31)32)21-12-5-4-6-13-21/h4-8,10-13,16-17,24H,9,14-15,18H2,1-3H3,(H,29,30). The molecule has 0 aliphatic carbocycles. The van der Waals surface area contributed by atoms with Crippen molar-refractivity contribution in [1.29, 1.82) is 0 Å². The number of hydrogen-bond donors (Lipinski definition) is 1. The molecule has 0 radical (unpaired) electrons. The average Bonchev–Trinajstić information content (AvgIpc) is 2.77. The molecule has 0 saturated carbocycles. The van der Waals surface area contributed by atoms with E-state index in [0.29, 0.717) is 30.1 Å². The zero-order chi connectivity index (χ0) is 24.5. The van der Waals surface area contributed by atoms with Gasteiger partial charge in [-0.1, -0.05) is 63.2 Å². The highest BCUT2D eigenvalue weighted by atomic mass is 32.2. The lowest BCUT2D eigenvalue weighted by atomic mass is 9.96. The van der Waals surface area contributed by atoms with Crippen molar-refractivity contribution in [2.24, 2.45) is 5.41 Å². The Kier molecular flexibility index (Phi) is 6.45. The summed E-state index contributed by atoms with van der Waals surface area (Å²) in [5, 5.41) is 11.4. The minimum absolute atomic E-state index is 0.172. The Morgan fingerprint density at radius 2 is 1.65 bits per heavy atom. The van der Waals surface area contributed by atoms with Crippen molar-refractivity contribution in [3.63, 3.8) is 0 Å². The number of para-hydroxylation sites is 1. The highest BCUT2D eigenvalue weighted by Crippen LogP contribution is 2.45. The Morgan fingerprint density at radius 1 is 1.03 bits per heavy atom. The van der Waals surface area contributed by atoms with Crippen LogP contribution in [-0.4, -0.2) is 43.0 Å². The molecule has 0 saturated heterocycles. The number of benzene rings is 3. The van der Waals surface area contributed by atoms with E-state index in [4.69, 9.17) is 4.74 Å². The first-order valence-corrected chi connectivity index (χ1v) is 12.8. The topological polar surface area (TPSA) is 87.2 Å². The number of carbonyl (C=O) groups is 1. The lowest BCUT2D eigenvalue weighted by Gasteiger charge is -2.36. The summed E-state index contributed by atoms with van der Waals surface area (Å²) in [4.78, 5) is 13.0. The number of fused-ring (bicyclic) bond motifs is 2. The van der Waals surface area contributed by atoms with Gasteiger partial charge < -0.3 is 14.7 Å². The average molecular weight is 483 g/mol. The monoisotopic (exact) mass is 482 g/mol. The molecule has 3 aromatic rings. The van der Waals surface area contributed by atoms with Crippen molar-refractivity contribution in [1.82, 2.24) is 4.90 Å². The summed E-state index contributed by atoms with van der Waals surface area (Å²) in [5.41, 5.74) is -0.310. The van der Waals surface area contributed by atoms with Crippen LogP contribution in [0.1, 0.15) is 33.6 Å². The van der Waals surface area contributed by atoms with Gasteiger partial charge in [0, 0.05) is 19.5 Å². The van der Waals surface area contributed by atoms with Gasteiger partial charge in [0.05, 0.1) is 11.4 Å². The lowest BCUT2D eigenvalue weighted by Crippen LogP contribution is -2.43. The van der Waals surface area contributed by atoms with Gasteiger partial charge in [-0.05, 0) is 46.9 Å². The molecule has 1 atom stereocenters. The Hall–Kier alpha value is -3.26. The second-order valence-corrected chi connectivity index (χ2v) is 11.7. The van der Waals surface area contributed by atoms with Crippen LogP contribution < -0.4 is 9.04 Å². The van der Waals surface area contributed by atoms with E-state index in [1.807, 2.05) is 63.2 Å². The van der Waals surface area contributed by atoms with E-state index >= 15 is 0 Å². The third-order valence-corrected chi connectivity index (χ3v) is 7.60. The zero-order valence-corrected chi connectivity index (χ0v) is 20.5. The van der Waals surface area contributed by atoms with E-state index in [-0.39, 0.29) is 18.4 Å². The van der Waals surface area contributed by atoms with Crippen LogP contribution in [0.15, 0.2) is 66.7 Å². The summed E-state index contributed by atoms with van der Waals surface area (Å²) in [6.45, 7) is 6.51. The van der Waals surface area contributed by atoms with Gasteiger partial charge in [0.25, 0.3) is 10.0 Å². The Labute approximate surface area is 200 Å². The largest absolute Gasteiger partial charge is 0.470 e. The first-order chi connectivity index (χ1) is 16.1. The number of rotatable bonds is 6. The number of sulfonamides is 1. The number of nitrogens with zero attached hydrogens (tertiary/aromatic N) is 2. The summed E-state index contributed by atoms with van der Waals surface area (Å²) in [6, 6.07) is 20.4. The van der Waals surface area contributed by atoms with Crippen molar-refractivity contribution >= 4 is 38.3 Å². The van der Waals surface area contributed by atoms with E-state index in [2.05, 4.69) is 0 Å². The van der Waals surface area contributed by atoms with Gasteiger partial charge in [-0.25, -0.2) is 17.5 Å². The fraction of sp³-hybridized carbons (Fsp3) is 0.346. The summed E-state index contributed by atoms with van der Waals surface area (Å²) >= 11 is 0. The molecular formula is C26H30N2O5S. The van der Waals surface area contributed by atoms with E-state index in [0.717, 1.165) is 10.8 Å². The summed E-state index contributed by atoms with van der Waals surface area (Å²) < 4.78 is 34.9. The number of hydrogen-bond acceptors (Lipinski definition) is 4. The van der Waals surface area contributed by atoms with E-state index < -0.39 is 21.6 Å². The molecule has 8 heteroatoms. The molecule has 1 unspecified atom stereocenters. The predicted octanol–water partition coefficient (Wildman–Crippen LogP) is 5.83. The van der Waals surface area contributed by atoms with E-state index in [1.165, 1.54) is 9.21 Å². The molecule has 1 aliphatic rings. The van der Waals surface area contributed by atoms with Crippen LogP contribution in [-0.2, 0) is 10.0 Å². The second-order valence-electron chi connectivity index (χ2n) is 9.77. The van der Waals surface area contributed by atoms with Crippen LogP contribution in [0.3, 0.4) is 0 Å². The third kappa shape index (κ3) is 4.97. The number of ether oxygens (including phenoxy) is 1. The Balaban J connectivity index is 1.66. The van der Waals surface area contributed by atoms with Crippen molar-refractivity contribution < 1.29 is 23.1 Å². The smallest absolute Gasteiger partial charge is 0.407 e. The first kappa shape index (κ1) is 23.9. The molecule has 1 heterocycles. The van der Waals surface area contributed by atoms with Crippen LogP contribution in [0.4, 0.5) is 16.2 Å². The minimum Gasteiger partial charge on any atom is -0.470 e. The fourth-order valence-corrected chi connectivity index (χ4v) is 6.00. The molecule has 0 spiro atoms. The molecule has 0 aromatic heterocycles. The van der Waals surface area contributed by atoms with E-state index in [1.54, 1.807) is 24.3 Å². The van der Waals surface area contributed by atoms with Gasteiger partial charge in [0.1, 0.15) is 5.75 Å². The maximum absolute atomic E-state index is 13.7. The Bertz CT molecular complexity index is 1290. The van der Waals surface area contributed by atoms with Gasteiger partial charge >= 0.3 is 6.09 Å². The number of anilines is 2. The highest BCUT2D eigenvalue weighted by molar-refractivity contribution is 7.93. The van der Waals surface area contributed by atoms with Crippen LogP contribution >= 0.6 is 0 Å². The van der Waals surface area contributed by atoms with Crippen LogP contribution in [0, 0.1) is 5.41 Å². The van der Waals surface area contributed by atoms with Gasteiger partial charge in [-0.3, -0.25) is 0 Å². The highest BCUT2D eigenvalue weighted by Gasteiger charge is 2.41. The van der Waals surface area contributed by atoms with Crippen molar-refractivity contribution in [2.75, 3.05) is 17.4 Å². The third-order valence-electron chi connectivity index (χ3n) is 5.69. The summed E-state index contributed by atoms with van der Waals surface area (Å²) in [6.07, 6.45) is -0.478. The van der Waals surface area contributed by atoms with Crippen molar-refractivity contribution in [3.05, 3.63) is 66.7 Å². The van der Waals surface area contributed by atoms with Gasteiger partial charge in [0.2, 0.25) is 5.44 Å². The lowest BCUT2D eigenvalue weighted by molar-refractivity contribution is 0.123. The molecule has 1 aliphatic heterocycles. The molecular weight excluding hydrogens is 452 g/mol. The molecule has 180 valence electrons. The maximum Gasteiger partial charge on any atom is 0.407 e. The summed E-state index contributed by atoms with van der Waals surface area (Å²) in [5.74, 6) is 0.493. The minimum atomic E-state index is -3.91. The van der Waals surface area contributed by atoms with Crippen molar-refractivity contribution in [3.8, 4) is 5.75 Å². The van der Waals surface area contributed by atoms with Gasteiger partial charge in [-0.2, -0.15) is 0 Å². The Morgan fingerprint density at radius 3 is 2.26 bits per heavy atom. The SMILES string of the molecule is CC(C)(C)CN(CCCC1Oc2cc3ccccc3cc2N(c2ccccc2)S1(=O)=O)C(=O)O. The van der Waals surface area contributed by atoms with Crippen LogP contribution in [0.5, 0.6) is 5.75 Å². The molecule has 34 heavy (non-hydrogen) atoms. The zero-order valence-electron chi connectivity index (χ0n) is 19.6. The van der Waals surface area contributed by atoms with Crippen molar-refractivity contribution in [2.45, 2.75) is 39.0 Å². The van der Waals surface area contributed by atoms with E-state index in [9.17, 15) is 18.3 Å². The number of amides is 1. The maximum atomic E-state index is 13.7. The second kappa shape index (κ2) is 9.18. The first-order valence-electron chi connectivity index (χ1n) is 11.3. The quantitative estimate of drug-likeness (QED) is 0.477. The normalized spacial score (nSPS) is 17.1. The number of carboxylic acid groups (broad SMARTS) is 1. The molecule has 4 rings (SSSR count). The molecule has 1 amide bonds. The molecule has 7 nitrogen and oxygen atoms in total. The van der Waals surface area contributed by atoms with Gasteiger partial charge in [-0.15, -0.1) is 0 Å².